The maximum absolute atomic E-state index is 11.9. The molecule has 3 rings (SSSR count). The maximum Gasteiger partial charge on any atom is 0.307 e. The Balaban J connectivity index is 0.000000346. The van der Waals surface area contributed by atoms with Gasteiger partial charge < -0.3 is 37.3 Å². The molecule has 1 aliphatic rings. The van der Waals surface area contributed by atoms with E-state index in [1.54, 1.807) is 30.3 Å². The highest BCUT2D eigenvalue weighted by atomic mass is 35.5. The van der Waals surface area contributed by atoms with Crippen LogP contribution in [0, 0.1) is 0 Å². The second-order valence-corrected chi connectivity index (χ2v) is 8.28. The number of nitrogens with one attached hydrogen (secondary N) is 2. The molecule has 0 fully saturated rings. The molecule has 0 aromatic heterocycles. The molecule has 2 aromatic rings. The SMILES string of the molecule is COC(=O)CCNC(=O)CNC1CCOc2ccc(N=C(N)N)cc21.NC(=O)c1c(Cl)cccc1Cl. The Morgan fingerprint density at radius 2 is 1.83 bits per heavy atom. The summed E-state index contributed by atoms with van der Waals surface area (Å²) in [5, 5.41) is 6.42. The first-order valence-electron chi connectivity index (χ1n) is 10.8. The second kappa shape index (κ2) is 14.1. The Kier molecular flexibility index (Phi) is 11.3. The van der Waals surface area contributed by atoms with E-state index < -0.39 is 5.91 Å². The van der Waals surface area contributed by atoms with Crippen molar-refractivity contribution in [3.05, 3.63) is 57.6 Å². The van der Waals surface area contributed by atoms with Crippen molar-refractivity contribution < 1.29 is 23.9 Å². The predicted molar refractivity (Wildman–Crippen MR) is 137 cm³/mol. The number of primary amides is 1. The first kappa shape index (κ1) is 28.7. The number of halogens is 2. The number of hydrogen-bond acceptors (Lipinski definition) is 7. The summed E-state index contributed by atoms with van der Waals surface area (Å²) >= 11 is 11.3. The van der Waals surface area contributed by atoms with Crippen molar-refractivity contribution in [3.8, 4) is 5.75 Å². The fourth-order valence-corrected chi connectivity index (χ4v) is 3.81. The van der Waals surface area contributed by atoms with Crippen LogP contribution in [0.3, 0.4) is 0 Å². The highest BCUT2D eigenvalue weighted by Gasteiger charge is 2.22. The van der Waals surface area contributed by atoms with E-state index in [1.807, 2.05) is 6.07 Å². The Morgan fingerprint density at radius 3 is 2.42 bits per heavy atom. The normalized spacial score (nSPS) is 13.7. The average molecular weight is 539 g/mol. The molecule has 0 saturated carbocycles. The third-order valence-electron chi connectivity index (χ3n) is 4.89. The Morgan fingerprint density at radius 1 is 1.14 bits per heavy atom. The molecule has 0 bridgehead atoms. The van der Waals surface area contributed by atoms with Crippen molar-refractivity contribution in [2.45, 2.75) is 18.9 Å². The summed E-state index contributed by atoms with van der Waals surface area (Å²) in [5.74, 6) is -0.452. The topological polar surface area (TPSA) is 184 Å². The molecule has 0 spiro atoms. The summed E-state index contributed by atoms with van der Waals surface area (Å²) in [4.78, 5) is 37.6. The molecule has 13 heteroatoms. The number of amides is 2. The van der Waals surface area contributed by atoms with Crippen LogP contribution in [0.1, 0.15) is 34.8 Å². The van der Waals surface area contributed by atoms with Crippen molar-refractivity contribution in [1.29, 1.82) is 0 Å². The molecule has 36 heavy (non-hydrogen) atoms. The molecular formula is C23H28Cl2N6O5. The van der Waals surface area contributed by atoms with E-state index in [-0.39, 0.29) is 59.0 Å². The van der Waals surface area contributed by atoms with Crippen LogP contribution in [0.5, 0.6) is 5.75 Å². The van der Waals surface area contributed by atoms with Crippen LogP contribution in [-0.2, 0) is 14.3 Å². The number of aliphatic imine (C=N–C) groups is 1. The van der Waals surface area contributed by atoms with Crippen molar-refractivity contribution >= 4 is 52.6 Å². The molecule has 0 radical (unpaired) electrons. The molecule has 8 N–H and O–H groups in total. The summed E-state index contributed by atoms with van der Waals surface area (Å²) in [6, 6.07) is 10.1. The van der Waals surface area contributed by atoms with E-state index in [0.29, 0.717) is 18.7 Å². The molecule has 194 valence electrons. The summed E-state index contributed by atoms with van der Waals surface area (Å²) in [5.41, 5.74) is 17.5. The minimum absolute atomic E-state index is 0.0221. The molecule has 1 heterocycles. The van der Waals surface area contributed by atoms with Crippen molar-refractivity contribution in [2.24, 2.45) is 22.2 Å². The summed E-state index contributed by atoms with van der Waals surface area (Å²) in [6.45, 7) is 0.917. The highest BCUT2D eigenvalue weighted by Crippen LogP contribution is 2.34. The van der Waals surface area contributed by atoms with Crippen LogP contribution in [0.15, 0.2) is 41.4 Å². The monoisotopic (exact) mass is 538 g/mol. The quantitative estimate of drug-likeness (QED) is 0.191. The third kappa shape index (κ3) is 8.91. The van der Waals surface area contributed by atoms with Crippen molar-refractivity contribution in [3.63, 3.8) is 0 Å². The zero-order valence-electron chi connectivity index (χ0n) is 19.6. The number of guanidine groups is 1. The van der Waals surface area contributed by atoms with Gasteiger partial charge in [0.1, 0.15) is 5.75 Å². The van der Waals surface area contributed by atoms with Crippen molar-refractivity contribution in [2.75, 3.05) is 26.8 Å². The number of nitrogens with zero attached hydrogens (tertiary/aromatic N) is 1. The van der Waals surface area contributed by atoms with Gasteiger partial charge in [0.2, 0.25) is 5.91 Å². The smallest absolute Gasteiger partial charge is 0.307 e. The number of carbonyl (C=O) groups excluding carboxylic acids is 3. The largest absolute Gasteiger partial charge is 0.493 e. The predicted octanol–water partition coefficient (Wildman–Crippen LogP) is 1.78. The van der Waals surface area contributed by atoms with Gasteiger partial charge in [0.15, 0.2) is 5.96 Å². The van der Waals surface area contributed by atoms with Gasteiger partial charge in [-0.3, -0.25) is 14.4 Å². The Bertz CT molecular complexity index is 1100. The first-order valence-corrected chi connectivity index (χ1v) is 11.5. The fourth-order valence-electron chi connectivity index (χ4n) is 3.23. The van der Waals surface area contributed by atoms with Gasteiger partial charge in [-0.1, -0.05) is 29.3 Å². The molecule has 1 atom stereocenters. The van der Waals surface area contributed by atoms with Crippen LogP contribution in [0.4, 0.5) is 5.69 Å². The minimum atomic E-state index is -0.611. The lowest BCUT2D eigenvalue weighted by Crippen LogP contribution is -2.38. The molecule has 0 aliphatic carbocycles. The number of ether oxygens (including phenoxy) is 2. The number of carbonyl (C=O) groups is 3. The maximum atomic E-state index is 11.9. The van der Waals surface area contributed by atoms with Crippen LogP contribution in [0.2, 0.25) is 10.0 Å². The number of methoxy groups -OCH3 is 1. The molecule has 11 nitrogen and oxygen atoms in total. The number of benzene rings is 2. The number of hydrogen-bond donors (Lipinski definition) is 5. The zero-order valence-corrected chi connectivity index (χ0v) is 21.1. The third-order valence-corrected chi connectivity index (χ3v) is 5.52. The number of esters is 1. The minimum Gasteiger partial charge on any atom is -0.493 e. The molecule has 0 saturated heterocycles. The van der Waals surface area contributed by atoms with E-state index in [0.717, 1.165) is 11.3 Å². The Hall–Kier alpha value is -3.54. The van der Waals surface area contributed by atoms with Gasteiger partial charge in [-0.05, 0) is 30.3 Å². The van der Waals surface area contributed by atoms with Crippen LogP contribution in [0.25, 0.3) is 0 Å². The summed E-state index contributed by atoms with van der Waals surface area (Å²) in [6.07, 6.45) is 0.859. The molecule has 1 aliphatic heterocycles. The zero-order chi connectivity index (χ0) is 26.7. The molecule has 2 aromatic carbocycles. The van der Waals surface area contributed by atoms with Crippen molar-refractivity contribution in [1.82, 2.24) is 10.6 Å². The van der Waals surface area contributed by atoms with Crippen LogP contribution in [-0.4, -0.2) is 50.5 Å². The van der Waals surface area contributed by atoms with Gasteiger partial charge in [-0.25, -0.2) is 4.99 Å². The van der Waals surface area contributed by atoms with E-state index in [1.165, 1.54) is 7.11 Å². The average Bonchev–Trinajstić information content (AvgIpc) is 2.82. The molecule has 2 amide bonds. The standard InChI is InChI=1S/C16H23N5O4.C7H5Cl2NO/c1-24-15(23)4-6-19-14(22)9-20-12-5-7-25-13-3-2-10(8-11(12)13)21-16(17)18;8-4-2-1-3-5(9)6(4)7(10)11/h2-3,8,12,20H,4-7,9H2,1H3,(H,19,22)(H4,17,18,21);1-3H,(H2,10,11). The van der Waals surface area contributed by atoms with E-state index in [2.05, 4.69) is 20.4 Å². The lowest BCUT2D eigenvalue weighted by molar-refractivity contribution is -0.140. The Labute approximate surface area is 218 Å². The van der Waals surface area contributed by atoms with E-state index >= 15 is 0 Å². The molecule has 1 unspecified atom stereocenters. The first-order chi connectivity index (χ1) is 17.1. The molecular weight excluding hydrogens is 511 g/mol. The summed E-state index contributed by atoms with van der Waals surface area (Å²) in [7, 11) is 1.31. The van der Waals surface area contributed by atoms with Crippen LogP contribution < -0.4 is 32.6 Å². The number of fused-ring (bicyclic) bond motifs is 1. The number of nitrogens with two attached hydrogens (primary N) is 3. The van der Waals surface area contributed by atoms with Gasteiger partial charge in [-0.2, -0.15) is 0 Å². The lowest BCUT2D eigenvalue weighted by atomic mass is 10.00. The van der Waals surface area contributed by atoms with Gasteiger partial charge in [0.05, 0.1) is 48.0 Å². The van der Waals surface area contributed by atoms with Crippen LogP contribution >= 0.6 is 23.2 Å². The van der Waals surface area contributed by atoms with Gasteiger partial charge in [0, 0.05) is 24.6 Å². The van der Waals surface area contributed by atoms with Gasteiger partial charge in [-0.15, -0.1) is 0 Å². The lowest BCUT2D eigenvalue weighted by Gasteiger charge is -2.27. The fraction of sp³-hybridized carbons (Fsp3) is 0.304. The number of rotatable bonds is 8. The highest BCUT2D eigenvalue weighted by molar-refractivity contribution is 6.39. The van der Waals surface area contributed by atoms with Gasteiger partial charge >= 0.3 is 5.97 Å². The summed E-state index contributed by atoms with van der Waals surface area (Å²) < 4.78 is 10.1. The van der Waals surface area contributed by atoms with E-state index in [9.17, 15) is 14.4 Å². The second-order valence-electron chi connectivity index (χ2n) is 7.47. The van der Waals surface area contributed by atoms with Gasteiger partial charge in [0.25, 0.3) is 5.91 Å². The van der Waals surface area contributed by atoms with E-state index in [4.69, 9.17) is 45.1 Å².